The topological polar surface area (TPSA) is 46.5 Å². The maximum absolute atomic E-state index is 4.51. The SMILES string of the molecule is CC(C)(Cc1nccn1C(C)(C)C)c1cnc[nH]1. The van der Waals surface area contributed by atoms with Gasteiger partial charge in [0.15, 0.2) is 0 Å². The first-order valence-electron chi connectivity index (χ1n) is 6.32. The first-order chi connectivity index (χ1) is 8.31. The Bertz CT molecular complexity index is 500. The van der Waals surface area contributed by atoms with E-state index in [9.17, 15) is 0 Å². The maximum atomic E-state index is 4.51. The molecule has 0 aromatic carbocycles. The van der Waals surface area contributed by atoms with Gasteiger partial charge in [0.1, 0.15) is 5.82 Å². The molecular weight excluding hydrogens is 224 g/mol. The fraction of sp³-hybridized carbons (Fsp3) is 0.571. The molecule has 0 spiro atoms. The molecule has 98 valence electrons. The lowest BCUT2D eigenvalue weighted by Crippen LogP contribution is -2.28. The zero-order valence-electron chi connectivity index (χ0n) is 11.9. The summed E-state index contributed by atoms with van der Waals surface area (Å²) in [5.74, 6) is 1.11. The zero-order valence-corrected chi connectivity index (χ0v) is 11.9. The van der Waals surface area contributed by atoms with Crippen LogP contribution in [0.25, 0.3) is 0 Å². The van der Waals surface area contributed by atoms with E-state index in [4.69, 9.17) is 0 Å². The van der Waals surface area contributed by atoms with Crippen molar-refractivity contribution in [3.8, 4) is 0 Å². The number of rotatable bonds is 3. The number of nitrogens with zero attached hydrogens (tertiary/aromatic N) is 3. The van der Waals surface area contributed by atoms with E-state index >= 15 is 0 Å². The van der Waals surface area contributed by atoms with Gasteiger partial charge in [-0.05, 0) is 20.8 Å². The fourth-order valence-corrected chi connectivity index (χ4v) is 2.19. The van der Waals surface area contributed by atoms with E-state index in [0.29, 0.717) is 0 Å². The monoisotopic (exact) mass is 246 g/mol. The molecule has 2 aromatic rings. The van der Waals surface area contributed by atoms with Gasteiger partial charge in [-0.3, -0.25) is 0 Å². The number of nitrogens with one attached hydrogen (secondary N) is 1. The molecule has 0 radical (unpaired) electrons. The van der Waals surface area contributed by atoms with Gasteiger partial charge in [-0.1, -0.05) is 13.8 Å². The third-order valence-corrected chi connectivity index (χ3v) is 3.27. The van der Waals surface area contributed by atoms with Crippen molar-refractivity contribution in [2.24, 2.45) is 0 Å². The minimum absolute atomic E-state index is 0.00481. The molecule has 0 aliphatic carbocycles. The highest BCUT2D eigenvalue weighted by Gasteiger charge is 2.26. The summed E-state index contributed by atoms with van der Waals surface area (Å²) in [5.41, 5.74) is 1.21. The number of aromatic amines is 1. The molecule has 0 aliphatic rings. The molecule has 0 atom stereocenters. The van der Waals surface area contributed by atoms with Crippen molar-refractivity contribution < 1.29 is 0 Å². The predicted molar refractivity (Wildman–Crippen MR) is 72.5 cm³/mol. The first kappa shape index (κ1) is 12.9. The molecule has 18 heavy (non-hydrogen) atoms. The lowest BCUT2D eigenvalue weighted by Gasteiger charge is -2.28. The Labute approximate surface area is 108 Å². The van der Waals surface area contributed by atoms with Crippen molar-refractivity contribution >= 4 is 0 Å². The van der Waals surface area contributed by atoms with Gasteiger partial charge >= 0.3 is 0 Å². The average molecular weight is 246 g/mol. The number of aromatic nitrogens is 4. The molecule has 1 N–H and O–H groups in total. The van der Waals surface area contributed by atoms with Gasteiger partial charge in [0.2, 0.25) is 0 Å². The highest BCUT2D eigenvalue weighted by Crippen LogP contribution is 2.27. The lowest BCUT2D eigenvalue weighted by atomic mass is 9.85. The standard InChI is InChI=1S/C14H22N4/c1-13(2,3)18-7-6-16-12(18)8-14(4,5)11-9-15-10-17-11/h6-7,9-10H,8H2,1-5H3,(H,15,17). The van der Waals surface area contributed by atoms with Gasteiger partial charge < -0.3 is 9.55 Å². The van der Waals surface area contributed by atoms with Crippen LogP contribution in [-0.4, -0.2) is 19.5 Å². The molecule has 0 bridgehead atoms. The first-order valence-corrected chi connectivity index (χ1v) is 6.32. The van der Waals surface area contributed by atoms with E-state index < -0.39 is 0 Å². The number of hydrogen-bond donors (Lipinski definition) is 1. The van der Waals surface area contributed by atoms with Crippen LogP contribution in [0.3, 0.4) is 0 Å². The van der Waals surface area contributed by atoms with Crippen molar-refractivity contribution in [3.63, 3.8) is 0 Å². The van der Waals surface area contributed by atoms with Crippen molar-refractivity contribution in [1.82, 2.24) is 19.5 Å². The molecule has 4 heteroatoms. The second-order valence-electron chi connectivity index (χ2n) is 6.41. The summed E-state index contributed by atoms with van der Waals surface area (Å²) in [4.78, 5) is 11.8. The summed E-state index contributed by atoms with van der Waals surface area (Å²) in [6.45, 7) is 11.0. The van der Waals surface area contributed by atoms with Crippen LogP contribution in [0.4, 0.5) is 0 Å². The summed E-state index contributed by atoms with van der Waals surface area (Å²) in [7, 11) is 0. The zero-order chi connectivity index (χ0) is 13.4. The van der Waals surface area contributed by atoms with Crippen molar-refractivity contribution in [2.75, 3.05) is 0 Å². The Morgan fingerprint density at radius 1 is 1.22 bits per heavy atom. The summed E-state index contributed by atoms with van der Waals surface area (Å²) in [5, 5.41) is 0. The van der Waals surface area contributed by atoms with E-state index in [1.165, 1.54) is 0 Å². The highest BCUT2D eigenvalue weighted by atomic mass is 15.1. The molecule has 2 heterocycles. The summed E-state index contributed by atoms with van der Waals surface area (Å²) >= 11 is 0. The summed E-state index contributed by atoms with van der Waals surface area (Å²) in [6, 6.07) is 0. The van der Waals surface area contributed by atoms with Gasteiger partial charge in [0, 0.05) is 41.7 Å². The normalized spacial score (nSPS) is 12.9. The van der Waals surface area contributed by atoms with Crippen LogP contribution in [-0.2, 0) is 17.4 Å². The van der Waals surface area contributed by atoms with Gasteiger partial charge in [-0.25, -0.2) is 9.97 Å². The van der Waals surface area contributed by atoms with E-state index in [0.717, 1.165) is 17.9 Å². The van der Waals surface area contributed by atoms with Gasteiger partial charge in [-0.2, -0.15) is 0 Å². The fourth-order valence-electron chi connectivity index (χ4n) is 2.19. The molecule has 0 saturated heterocycles. The van der Waals surface area contributed by atoms with Crippen molar-refractivity contribution in [1.29, 1.82) is 0 Å². The third kappa shape index (κ3) is 2.47. The number of H-pyrrole nitrogens is 1. The minimum atomic E-state index is 0.00481. The van der Waals surface area contributed by atoms with Crippen LogP contribution < -0.4 is 0 Å². The van der Waals surface area contributed by atoms with Crippen LogP contribution in [0, 0.1) is 0 Å². The van der Waals surface area contributed by atoms with Crippen LogP contribution >= 0.6 is 0 Å². The molecule has 0 unspecified atom stereocenters. The molecule has 0 fully saturated rings. The Balaban J connectivity index is 2.28. The second kappa shape index (κ2) is 4.26. The Morgan fingerprint density at radius 2 is 1.94 bits per heavy atom. The van der Waals surface area contributed by atoms with E-state index in [-0.39, 0.29) is 11.0 Å². The Hall–Kier alpha value is -1.58. The molecular formula is C14H22N4. The Morgan fingerprint density at radius 3 is 2.50 bits per heavy atom. The smallest absolute Gasteiger partial charge is 0.110 e. The van der Waals surface area contributed by atoms with E-state index in [2.05, 4.69) is 60.3 Å². The largest absolute Gasteiger partial charge is 0.348 e. The van der Waals surface area contributed by atoms with E-state index in [1.807, 2.05) is 12.4 Å². The van der Waals surface area contributed by atoms with Crippen molar-refractivity contribution in [3.05, 3.63) is 36.4 Å². The highest BCUT2D eigenvalue weighted by molar-refractivity contribution is 5.14. The number of hydrogen-bond acceptors (Lipinski definition) is 2. The van der Waals surface area contributed by atoms with E-state index in [1.54, 1.807) is 6.33 Å². The lowest BCUT2D eigenvalue weighted by molar-refractivity contribution is 0.366. The Kier molecular flexibility index (Phi) is 3.05. The summed E-state index contributed by atoms with van der Waals surface area (Å²) < 4.78 is 2.24. The predicted octanol–water partition coefficient (Wildman–Crippen LogP) is 2.88. The molecule has 4 nitrogen and oxygen atoms in total. The molecule has 2 aromatic heterocycles. The quantitative estimate of drug-likeness (QED) is 0.905. The van der Waals surface area contributed by atoms with Crippen LogP contribution in [0.2, 0.25) is 0 Å². The molecule has 0 amide bonds. The molecule has 0 aliphatic heterocycles. The molecule has 0 saturated carbocycles. The van der Waals surface area contributed by atoms with Crippen LogP contribution in [0.5, 0.6) is 0 Å². The van der Waals surface area contributed by atoms with Gasteiger partial charge in [0.25, 0.3) is 0 Å². The molecule has 2 rings (SSSR count). The van der Waals surface area contributed by atoms with Crippen LogP contribution in [0.1, 0.15) is 46.1 Å². The summed E-state index contributed by atoms with van der Waals surface area (Å²) in [6.07, 6.45) is 8.44. The number of imidazole rings is 2. The minimum Gasteiger partial charge on any atom is -0.348 e. The average Bonchev–Trinajstić information content (AvgIpc) is 2.83. The van der Waals surface area contributed by atoms with Crippen molar-refractivity contribution in [2.45, 2.75) is 52.0 Å². The second-order valence-corrected chi connectivity index (χ2v) is 6.41. The van der Waals surface area contributed by atoms with Crippen LogP contribution in [0.15, 0.2) is 24.9 Å². The maximum Gasteiger partial charge on any atom is 0.110 e. The third-order valence-electron chi connectivity index (χ3n) is 3.27. The van der Waals surface area contributed by atoms with Gasteiger partial charge in [-0.15, -0.1) is 0 Å². The van der Waals surface area contributed by atoms with Gasteiger partial charge in [0.05, 0.1) is 6.33 Å².